The Morgan fingerprint density at radius 2 is 2.32 bits per heavy atom. The Labute approximate surface area is 128 Å². The Morgan fingerprint density at radius 1 is 1.50 bits per heavy atom. The van der Waals surface area contributed by atoms with Crippen molar-refractivity contribution >= 4 is 11.8 Å². The fourth-order valence-corrected chi connectivity index (χ4v) is 2.32. The average molecular weight is 309 g/mol. The van der Waals surface area contributed by atoms with Gasteiger partial charge in [0, 0.05) is 26.2 Å². The number of aliphatic hydroxyl groups excluding tert-OH is 1. The normalized spacial score (nSPS) is 16.9. The molecule has 0 spiro atoms. The SMILES string of the molecule is O=C1CN(CCCNC(=O)[C@H](O)c2cccc(F)c2)CCN1. The molecule has 0 radical (unpaired) electrons. The number of hydrogen-bond donors (Lipinski definition) is 3. The van der Waals surface area contributed by atoms with Crippen molar-refractivity contribution in [3.63, 3.8) is 0 Å². The molecular weight excluding hydrogens is 289 g/mol. The van der Waals surface area contributed by atoms with Crippen molar-refractivity contribution in [2.45, 2.75) is 12.5 Å². The number of rotatable bonds is 6. The number of benzene rings is 1. The summed E-state index contributed by atoms with van der Waals surface area (Å²) in [4.78, 5) is 25.0. The number of carbonyl (C=O) groups is 2. The number of halogens is 1. The van der Waals surface area contributed by atoms with E-state index in [-0.39, 0.29) is 11.5 Å². The van der Waals surface area contributed by atoms with E-state index >= 15 is 0 Å². The number of amides is 2. The third-order valence-electron chi connectivity index (χ3n) is 3.48. The highest BCUT2D eigenvalue weighted by Crippen LogP contribution is 2.13. The summed E-state index contributed by atoms with van der Waals surface area (Å²) in [6, 6.07) is 5.34. The van der Waals surface area contributed by atoms with E-state index in [1.807, 2.05) is 4.90 Å². The van der Waals surface area contributed by atoms with E-state index in [0.29, 0.717) is 32.6 Å². The summed E-state index contributed by atoms with van der Waals surface area (Å²) in [6.45, 7) is 2.90. The predicted octanol–water partition coefficient (Wildman–Crippen LogP) is -0.203. The van der Waals surface area contributed by atoms with Crippen molar-refractivity contribution in [2.24, 2.45) is 0 Å². The Balaban J connectivity index is 1.70. The number of piperazine rings is 1. The quantitative estimate of drug-likeness (QED) is 0.636. The van der Waals surface area contributed by atoms with Gasteiger partial charge in [-0.2, -0.15) is 0 Å². The molecule has 1 aliphatic rings. The summed E-state index contributed by atoms with van der Waals surface area (Å²) < 4.78 is 13.1. The van der Waals surface area contributed by atoms with Crippen LogP contribution < -0.4 is 10.6 Å². The highest BCUT2D eigenvalue weighted by Gasteiger charge is 2.18. The van der Waals surface area contributed by atoms with E-state index in [9.17, 15) is 19.1 Å². The van der Waals surface area contributed by atoms with Crippen LogP contribution in [0.4, 0.5) is 4.39 Å². The molecule has 1 aromatic carbocycles. The Bertz CT molecular complexity index is 539. The molecule has 0 aromatic heterocycles. The third kappa shape index (κ3) is 4.78. The zero-order chi connectivity index (χ0) is 15.9. The molecular formula is C15H20FN3O3. The minimum absolute atomic E-state index is 0.0109. The van der Waals surface area contributed by atoms with Gasteiger partial charge in [-0.05, 0) is 24.1 Å². The highest BCUT2D eigenvalue weighted by molar-refractivity contribution is 5.81. The average Bonchev–Trinajstić information content (AvgIpc) is 2.50. The van der Waals surface area contributed by atoms with Crippen molar-refractivity contribution in [1.82, 2.24) is 15.5 Å². The van der Waals surface area contributed by atoms with Gasteiger partial charge in [0.05, 0.1) is 6.54 Å². The molecule has 2 amide bonds. The monoisotopic (exact) mass is 309 g/mol. The van der Waals surface area contributed by atoms with Crippen LogP contribution in [0, 0.1) is 5.82 Å². The van der Waals surface area contributed by atoms with Crippen molar-refractivity contribution in [3.05, 3.63) is 35.6 Å². The fourth-order valence-electron chi connectivity index (χ4n) is 2.32. The second kappa shape index (κ2) is 7.86. The van der Waals surface area contributed by atoms with Crippen LogP contribution in [0.3, 0.4) is 0 Å². The van der Waals surface area contributed by atoms with Crippen molar-refractivity contribution in [2.75, 3.05) is 32.7 Å². The lowest BCUT2D eigenvalue weighted by Gasteiger charge is -2.26. The maximum Gasteiger partial charge on any atom is 0.253 e. The van der Waals surface area contributed by atoms with Crippen LogP contribution in [-0.2, 0) is 9.59 Å². The molecule has 1 heterocycles. The van der Waals surface area contributed by atoms with Gasteiger partial charge in [-0.25, -0.2) is 4.39 Å². The van der Waals surface area contributed by atoms with Crippen LogP contribution >= 0.6 is 0 Å². The molecule has 7 heteroatoms. The first-order valence-corrected chi connectivity index (χ1v) is 7.26. The van der Waals surface area contributed by atoms with Crippen LogP contribution in [-0.4, -0.2) is 54.5 Å². The van der Waals surface area contributed by atoms with Gasteiger partial charge in [-0.1, -0.05) is 12.1 Å². The van der Waals surface area contributed by atoms with E-state index in [1.54, 1.807) is 0 Å². The maximum absolute atomic E-state index is 13.1. The van der Waals surface area contributed by atoms with Gasteiger partial charge < -0.3 is 15.7 Å². The van der Waals surface area contributed by atoms with E-state index in [2.05, 4.69) is 10.6 Å². The zero-order valence-electron chi connectivity index (χ0n) is 12.2. The van der Waals surface area contributed by atoms with Crippen LogP contribution in [0.5, 0.6) is 0 Å². The molecule has 1 saturated heterocycles. The van der Waals surface area contributed by atoms with E-state index < -0.39 is 17.8 Å². The lowest BCUT2D eigenvalue weighted by molar-refractivity contribution is -0.129. The summed E-state index contributed by atoms with van der Waals surface area (Å²) in [5.74, 6) is -1.04. The first-order chi connectivity index (χ1) is 10.6. The standard InChI is InChI=1S/C15H20FN3O3/c16-12-4-1-3-11(9-12)14(21)15(22)18-5-2-7-19-8-6-17-13(20)10-19/h1,3-4,9,14,21H,2,5-8,10H2,(H,17,20)(H,18,22)/t14-/m1/s1. The lowest BCUT2D eigenvalue weighted by atomic mass is 10.1. The van der Waals surface area contributed by atoms with Crippen molar-refractivity contribution in [3.8, 4) is 0 Å². The first kappa shape index (κ1) is 16.4. The topological polar surface area (TPSA) is 81.7 Å². The summed E-state index contributed by atoms with van der Waals surface area (Å²) >= 11 is 0. The molecule has 0 saturated carbocycles. The highest BCUT2D eigenvalue weighted by atomic mass is 19.1. The van der Waals surface area contributed by atoms with Crippen LogP contribution in [0.1, 0.15) is 18.1 Å². The van der Waals surface area contributed by atoms with Crippen LogP contribution in [0.15, 0.2) is 24.3 Å². The zero-order valence-corrected chi connectivity index (χ0v) is 12.2. The van der Waals surface area contributed by atoms with Gasteiger partial charge in [0.15, 0.2) is 6.10 Å². The molecule has 3 N–H and O–H groups in total. The van der Waals surface area contributed by atoms with E-state index in [4.69, 9.17) is 0 Å². The van der Waals surface area contributed by atoms with E-state index in [1.165, 1.54) is 18.2 Å². The molecule has 0 unspecified atom stereocenters. The Kier molecular flexibility index (Phi) is 5.85. The van der Waals surface area contributed by atoms with Gasteiger partial charge in [0.25, 0.3) is 5.91 Å². The predicted molar refractivity (Wildman–Crippen MR) is 78.4 cm³/mol. The van der Waals surface area contributed by atoms with Gasteiger partial charge in [0.2, 0.25) is 5.91 Å². The third-order valence-corrected chi connectivity index (χ3v) is 3.48. The molecule has 0 aliphatic carbocycles. The molecule has 2 rings (SSSR count). The van der Waals surface area contributed by atoms with Crippen molar-refractivity contribution in [1.29, 1.82) is 0 Å². The van der Waals surface area contributed by atoms with Gasteiger partial charge >= 0.3 is 0 Å². The summed E-state index contributed by atoms with van der Waals surface area (Å²) in [6.07, 6.45) is -0.703. The molecule has 1 fully saturated rings. The molecule has 1 aromatic rings. The minimum Gasteiger partial charge on any atom is -0.378 e. The number of aliphatic hydroxyl groups is 1. The summed E-state index contributed by atoms with van der Waals surface area (Å²) in [5.41, 5.74) is 0.227. The molecule has 1 atom stereocenters. The molecule has 120 valence electrons. The number of carbonyl (C=O) groups excluding carboxylic acids is 2. The van der Waals surface area contributed by atoms with Crippen LogP contribution in [0.2, 0.25) is 0 Å². The van der Waals surface area contributed by atoms with Crippen molar-refractivity contribution < 1.29 is 19.1 Å². The lowest BCUT2D eigenvalue weighted by Crippen LogP contribution is -2.48. The fraction of sp³-hybridized carbons (Fsp3) is 0.467. The van der Waals surface area contributed by atoms with Gasteiger partial charge in [-0.3, -0.25) is 14.5 Å². The minimum atomic E-state index is -1.38. The maximum atomic E-state index is 13.1. The molecule has 6 nitrogen and oxygen atoms in total. The molecule has 1 aliphatic heterocycles. The Morgan fingerprint density at radius 3 is 3.05 bits per heavy atom. The number of hydrogen-bond acceptors (Lipinski definition) is 4. The second-order valence-corrected chi connectivity index (χ2v) is 5.23. The largest absolute Gasteiger partial charge is 0.378 e. The number of nitrogens with one attached hydrogen (secondary N) is 2. The van der Waals surface area contributed by atoms with Gasteiger partial charge in [-0.15, -0.1) is 0 Å². The first-order valence-electron chi connectivity index (χ1n) is 7.26. The summed E-state index contributed by atoms with van der Waals surface area (Å²) in [7, 11) is 0. The van der Waals surface area contributed by atoms with Gasteiger partial charge in [0.1, 0.15) is 5.82 Å². The molecule has 0 bridgehead atoms. The summed E-state index contributed by atoms with van der Waals surface area (Å²) in [5, 5.41) is 15.2. The molecule has 22 heavy (non-hydrogen) atoms. The van der Waals surface area contributed by atoms with E-state index in [0.717, 1.165) is 12.6 Å². The number of nitrogens with zero attached hydrogens (tertiary/aromatic N) is 1. The van der Waals surface area contributed by atoms with Crippen LogP contribution in [0.25, 0.3) is 0 Å². The second-order valence-electron chi connectivity index (χ2n) is 5.23. The Hall–Kier alpha value is -1.99. The smallest absolute Gasteiger partial charge is 0.253 e.